The van der Waals surface area contributed by atoms with Crippen molar-refractivity contribution >= 4 is 35.4 Å². The minimum absolute atomic E-state index is 0.107. The van der Waals surface area contributed by atoms with Crippen molar-refractivity contribution in [1.82, 2.24) is 20.2 Å². The average Bonchev–Trinajstić information content (AvgIpc) is 3.70. The van der Waals surface area contributed by atoms with Crippen molar-refractivity contribution < 1.29 is 23.6 Å². The van der Waals surface area contributed by atoms with Gasteiger partial charge in [-0.15, -0.1) is 0 Å². The van der Waals surface area contributed by atoms with Crippen molar-refractivity contribution in [2.75, 3.05) is 7.11 Å². The maximum Gasteiger partial charge on any atom is 0.494 e. The monoisotopic (exact) mass is 544 g/mol. The third kappa shape index (κ3) is 4.47. The number of benzene rings is 2. The van der Waals surface area contributed by atoms with Gasteiger partial charge in [-0.3, -0.25) is 4.79 Å². The summed E-state index contributed by atoms with van der Waals surface area (Å²) in [6.45, 7) is 9.94. The van der Waals surface area contributed by atoms with Crippen molar-refractivity contribution in [3.63, 3.8) is 0 Å². The Morgan fingerprint density at radius 3 is 2.52 bits per heavy atom. The summed E-state index contributed by atoms with van der Waals surface area (Å²) < 4.78 is 17.2. The number of hydrogen-bond acceptors (Lipinski definition) is 6. The Morgan fingerprint density at radius 2 is 1.80 bits per heavy atom. The first-order chi connectivity index (χ1) is 19.0. The molecular formula is C30H37BN4O5. The van der Waals surface area contributed by atoms with E-state index in [-0.39, 0.29) is 29.2 Å². The fourth-order valence-electron chi connectivity index (χ4n) is 6.37. The van der Waals surface area contributed by atoms with Crippen LogP contribution >= 0.6 is 0 Å². The van der Waals surface area contributed by atoms with Crippen LogP contribution in [0.25, 0.3) is 22.0 Å². The lowest BCUT2D eigenvalue weighted by Gasteiger charge is -2.36. The van der Waals surface area contributed by atoms with E-state index in [1.807, 2.05) is 11.1 Å². The molecule has 3 heterocycles. The van der Waals surface area contributed by atoms with E-state index in [4.69, 9.17) is 14.3 Å². The molecule has 2 amide bonds. The number of piperidine rings is 1. The lowest BCUT2D eigenvalue weighted by atomic mass is 9.78. The van der Waals surface area contributed by atoms with Crippen LogP contribution in [0, 0.1) is 5.92 Å². The van der Waals surface area contributed by atoms with E-state index < -0.39 is 19.3 Å². The van der Waals surface area contributed by atoms with E-state index in [1.54, 1.807) is 6.92 Å². The van der Waals surface area contributed by atoms with Gasteiger partial charge in [-0.05, 0) is 82.1 Å². The second kappa shape index (κ2) is 9.63. The number of methoxy groups -OCH3 is 1. The number of alkyl carbamates (subject to hydrolysis) is 1. The number of carbonyl (C=O) groups excluding carboxylic acids is 2. The quantitative estimate of drug-likeness (QED) is 0.464. The average molecular weight is 544 g/mol. The van der Waals surface area contributed by atoms with Gasteiger partial charge in [0.2, 0.25) is 5.91 Å². The molecule has 6 rings (SSSR count). The first kappa shape index (κ1) is 26.8. The SMILES string of the molecule is COC(=O)N[C@@H](C)C(=O)N1C(c2ncc(-c3ccc4cc(B5OC(C)(C)C(C)(C)O5)ccc4c3)[nH]2)C2CC[C@@H]1C2. The summed E-state index contributed by atoms with van der Waals surface area (Å²) in [6.07, 6.45) is 4.24. The van der Waals surface area contributed by atoms with Gasteiger partial charge in [-0.2, -0.15) is 0 Å². The zero-order valence-corrected chi connectivity index (χ0v) is 24.0. The van der Waals surface area contributed by atoms with Crippen molar-refractivity contribution in [1.29, 1.82) is 0 Å². The van der Waals surface area contributed by atoms with Gasteiger partial charge in [-0.1, -0.05) is 30.3 Å². The number of aromatic amines is 1. The van der Waals surface area contributed by atoms with Gasteiger partial charge in [0.1, 0.15) is 11.9 Å². The highest BCUT2D eigenvalue weighted by molar-refractivity contribution is 6.62. The molecule has 3 fully saturated rings. The molecule has 4 atom stereocenters. The minimum Gasteiger partial charge on any atom is -0.453 e. The number of nitrogens with one attached hydrogen (secondary N) is 2. The molecule has 2 aromatic carbocycles. The highest BCUT2D eigenvalue weighted by Crippen LogP contribution is 2.50. The largest absolute Gasteiger partial charge is 0.494 e. The van der Waals surface area contributed by atoms with Crippen LogP contribution in [0.3, 0.4) is 0 Å². The number of rotatable bonds is 5. The molecule has 0 radical (unpaired) electrons. The number of imidazole rings is 1. The van der Waals surface area contributed by atoms with Gasteiger partial charge >= 0.3 is 13.2 Å². The van der Waals surface area contributed by atoms with Crippen LogP contribution in [0.15, 0.2) is 42.6 Å². The topological polar surface area (TPSA) is 106 Å². The Morgan fingerprint density at radius 1 is 1.10 bits per heavy atom. The summed E-state index contributed by atoms with van der Waals surface area (Å²) in [4.78, 5) is 35.3. The summed E-state index contributed by atoms with van der Waals surface area (Å²) in [6, 6.07) is 12.0. The highest BCUT2D eigenvalue weighted by Gasteiger charge is 2.52. The molecule has 9 nitrogen and oxygen atoms in total. The summed E-state index contributed by atoms with van der Waals surface area (Å²) in [5, 5.41) is 4.83. The van der Waals surface area contributed by atoms with Crippen LogP contribution in [0.5, 0.6) is 0 Å². The zero-order valence-electron chi connectivity index (χ0n) is 24.0. The molecule has 1 aliphatic carbocycles. The van der Waals surface area contributed by atoms with E-state index in [0.29, 0.717) is 5.92 Å². The van der Waals surface area contributed by atoms with Gasteiger partial charge < -0.3 is 29.2 Å². The number of fused-ring (bicyclic) bond motifs is 3. The molecular weight excluding hydrogens is 507 g/mol. The van der Waals surface area contributed by atoms with Gasteiger partial charge in [0.15, 0.2) is 0 Å². The Kier molecular flexibility index (Phi) is 6.46. The molecule has 210 valence electrons. The maximum absolute atomic E-state index is 13.4. The second-order valence-electron chi connectivity index (χ2n) is 12.4. The molecule has 2 saturated heterocycles. The van der Waals surface area contributed by atoms with Crippen molar-refractivity contribution in [2.45, 2.75) is 83.2 Å². The summed E-state index contributed by atoms with van der Waals surface area (Å²) in [5.74, 6) is 1.03. The number of hydrogen-bond donors (Lipinski definition) is 2. The van der Waals surface area contributed by atoms with E-state index in [9.17, 15) is 9.59 Å². The lowest BCUT2D eigenvalue weighted by Crippen LogP contribution is -2.50. The van der Waals surface area contributed by atoms with Crippen LogP contribution < -0.4 is 10.8 Å². The van der Waals surface area contributed by atoms with E-state index in [2.05, 4.69) is 79.1 Å². The lowest BCUT2D eigenvalue weighted by molar-refractivity contribution is -0.137. The Labute approximate surface area is 235 Å². The van der Waals surface area contributed by atoms with E-state index in [0.717, 1.165) is 52.6 Å². The van der Waals surface area contributed by atoms with Gasteiger partial charge in [0, 0.05) is 11.6 Å². The standard InChI is InChI=1S/C30H37BN4O5/c1-17(33-28(37)38-6)27(36)35-23-12-10-21(15-23)25(35)26-32-16-24(34-26)20-8-7-19-14-22(11-9-18(19)13-20)31-39-29(2,3)30(4,5)40-31/h7-9,11,13-14,16-17,21,23,25H,10,12,15H2,1-6H3,(H,32,34)(H,33,37)/t17-,21?,23+,25?/m0/s1. The Balaban J connectivity index is 1.23. The van der Waals surface area contributed by atoms with Crippen LogP contribution in [0.2, 0.25) is 0 Å². The molecule has 3 aliphatic rings. The van der Waals surface area contributed by atoms with Crippen LogP contribution in [0.1, 0.15) is 65.7 Å². The summed E-state index contributed by atoms with van der Waals surface area (Å²) in [5.41, 5.74) is 2.16. The fraction of sp³-hybridized carbons (Fsp3) is 0.500. The molecule has 3 aromatic rings. The van der Waals surface area contributed by atoms with E-state index >= 15 is 0 Å². The number of nitrogens with zero attached hydrogens (tertiary/aromatic N) is 2. The number of likely N-dealkylation sites (tertiary alicyclic amines) is 1. The molecule has 2 aliphatic heterocycles. The van der Waals surface area contributed by atoms with Crippen LogP contribution in [-0.2, 0) is 18.8 Å². The summed E-state index contributed by atoms with van der Waals surface area (Å²) in [7, 11) is 0.894. The second-order valence-corrected chi connectivity index (χ2v) is 12.4. The van der Waals surface area contributed by atoms with Crippen LogP contribution in [-0.4, -0.2) is 64.4 Å². The number of carbonyl (C=O) groups is 2. The molecule has 40 heavy (non-hydrogen) atoms. The molecule has 2 unspecified atom stereocenters. The summed E-state index contributed by atoms with van der Waals surface area (Å²) >= 11 is 0. The third-order valence-corrected chi connectivity index (χ3v) is 9.31. The number of amides is 2. The number of H-pyrrole nitrogens is 1. The predicted octanol–water partition coefficient (Wildman–Crippen LogP) is 4.33. The fourth-order valence-corrected chi connectivity index (χ4v) is 6.37. The predicted molar refractivity (Wildman–Crippen MR) is 153 cm³/mol. The minimum atomic E-state index is -0.675. The van der Waals surface area contributed by atoms with Gasteiger partial charge in [0.05, 0.1) is 36.2 Å². The first-order valence-corrected chi connectivity index (χ1v) is 14.1. The highest BCUT2D eigenvalue weighted by atomic mass is 16.7. The smallest absolute Gasteiger partial charge is 0.453 e. The molecule has 10 heteroatoms. The normalized spacial score (nSPS) is 25.4. The van der Waals surface area contributed by atoms with Gasteiger partial charge in [-0.25, -0.2) is 9.78 Å². The van der Waals surface area contributed by atoms with E-state index in [1.165, 1.54) is 7.11 Å². The molecule has 0 spiro atoms. The Bertz CT molecular complexity index is 1450. The molecule has 2 bridgehead atoms. The van der Waals surface area contributed by atoms with Crippen molar-refractivity contribution in [3.05, 3.63) is 48.4 Å². The zero-order chi connectivity index (χ0) is 28.4. The molecule has 1 aromatic heterocycles. The molecule has 2 N–H and O–H groups in total. The van der Waals surface area contributed by atoms with Gasteiger partial charge in [0.25, 0.3) is 0 Å². The molecule has 1 saturated carbocycles. The van der Waals surface area contributed by atoms with Crippen LogP contribution in [0.4, 0.5) is 4.79 Å². The van der Waals surface area contributed by atoms with Crippen molar-refractivity contribution in [2.24, 2.45) is 5.92 Å². The maximum atomic E-state index is 13.4. The first-order valence-electron chi connectivity index (χ1n) is 14.1. The number of aromatic nitrogens is 2. The Hall–Kier alpha value is -3.37. The number of ether oxygens (including phenoxy) is 1. The third-order valence-electron chi connectivity index (χ3n) is 9.31. The van der Waals surface area contributed by atoms with Crippen molar-refractivity contribution in [3.8, 4) is 11.3 Å².